The molecule has 7 nitrogen and oxygen atoms in total. The maximum absolute atomic E-state index is 12.6. The number of amides is 1. The van der Waals surface area contributed by atoms with E-state index in [0.717, 1.165) is 5.56 Å². The number of aryl methyl sites for hydroxylation is 1. The maximum atomic E-state index is 12.6. The molecule has 0 saturated heterocycles. The Bertz CT molecular complexity index is 906. The molecule has 0 aliphatic rings. The first-order valence-electron chi connectivity index (χ1n) is 8.50. The molecule has 1 unspecified atom stereocenters. The number of nitrogens with zero attached hydrogens (tertiary/aromatic N) is 2. The van der Waals surface area contributed by atoms with Gasteiger partial charge in [0.15, 0.2) is 11.4 Å². The normalized spacial score (nSPS) is 13.0. The number of carbonyl (C=O) groups is 1. The van der Waals surface area contributed by atoms with E-state index in [4.69, 9.17) is 9.15 Å². The lowest BCUT2D eigenvalue weighted by molar-refractivity contribution is 0.0322. The molecule has 0 aromatic carbocycles. The second-order valence-electron chi connectivity index (χ2n) is 6.36. The number of aliphatic hydroxyl groups is 1. The summed E-state index contributed by atoms with van der Waals surface area (Å²) in [5, 5.41) is 13.2. The molecule has 0 saturated carbocycles. The summed E-state index contributed by atoms with van der Waals surface area (Å²) in [5.41, 5.74) is -0.258. The Balaban J connectivity index is 1.66. The largest absolute Gasteiger partial charge is 0.486 e. The lowest BCUT2D eigenvalue weighted by atomic mass is 10.0. The predicted molar refractivity (Wildman–Crippen MR) is 98.2 cm³/mol. The topological polar surface area (TPSA) is 97.5 Å². The van der Waals surface area contributed by atoms with Crippen molar-refractivity contribution < 1.29 is 19.1 Å². The van der Waals surface area contributed by atoms with Gasteiger partial charge in [0.1, 0.15) is 23.7 Å². The molecular formula is C20H21N3O4. The molecule has 27 heavy (non-hydrogen) atoms. The minimum Gasteiger partial charge on any atom is -0.486 e. The average molecular weight is 367 g/mol. The van der Waals surface area contributed by atoms with Crippen LogP contribution in [0, 0.1) is 6.92 Å². The van der Waals surface area contributed by atoms with E-state index in [1.54, 1.807) is 50.5 Å². The van der Waals surface area contributed by atoms with Gasteiger partial charge in [0.2, 0.25) is 0 Å². The molecule has 3 heterocycles. The van der Waals surface area contributed by atoms with Gasteiger partial charge in [0.25, 0.3) is 5.91 Å². The van der Waals surface area contributed by atoms with E-state index < -0.39 is 11.5 Å². The van der Waals surface area contributed by atoms with Crippen molar-refractivity contribution in [3.8, 4) is 5.75 Å². The van der Waals surface area contributed by atoms with Crippen LogP contribution in [0.4, 0.5) is 0 Å². The summed E-state index contributed by atoms with van der Waals surface area (Å²) >= 11 is 0. The lowest BCUT2D eigenvalue weighted by Crippen LogP contribution is -2.38. The van der Waals surface area contributed by atoms with Gasteiger partial charge in [-0.05, 0) is 55.8 Å². The van der Waals surface area contributed by atoms with Crippen molar-refractivity contribution in [1.82, 2.24) is 15.3 Å². The molecule has 0 fully saturated rings. The van der Waals surface area contributed by atoms with Gasteiger partial charge in [-0.3, -0.25) is 9.78 Å². The number of rotatable bonds is 7. The number of furan rings is 1. The number of carbonyl (C=O) groups excluding carboxylic acids is 1. The van der Waals surface area contributed by atoms with Gasteiger partial charge >= 0.3 is 0 Å². The van der Waals surface area contributed by atoms with Crippen molar-refractivity contribution >= 4 is 5.91 Å². The summed E-state index contributed by atoms with van der Waals surface area (Å²) in [6.45, 7) is 3.63. The standard InChI is InChI=1S/C20H21N3O4/c1-14-5-6-17(27-14)20(2,25)13-23-19(24)18-16(4-3-9-22-18)26-12-15-7-10-21-11-8-15/h3-11,25H,12-13H2,1-2H3,(H,23,24). The zero-order valence-electron chi connectivity index (χ0n) is 15.2. The Morgan fingerprint density at radius 3 is 2.70 bits per heavy atom. The maximum Gasteiger partial charge on any atom is 0.273 e. The highest BCUT2D eigenvalue weighted by Crippen LogP contribution is 2.23. The highest BCUT2D eigenvalue weighted by atomic mass is 16.5. The van der Waals surface area contributed by atoms with Crippen molar-refractivity contribution in [2.75, 3.05) is 6.54 Å². The van der Waals surface area contributed by atoms with E-state index in [9.17, 15) is 9.90 Å². The van der Waals surface area contributed by atoms with Gasteiger partial charge in [-0.25, -0.2) is 4.98 Å². The number of hydrogen-bond donors (Lipinski definition) is 2. The van der Waals surface area contributed by atoms with Crippen LogP contribution in [0.25, 0.3) is 0 Å². The van der Waals surface area contributed by atoms with Gasteiger partial charge < -0.3 is 19.6 Å². The van der Waals surface area contributed by atoms with Crippen LogP contribution >= 0.6 is 0 Å². The Morgan fingerprint density at radius 2 is 2.00 bits per heavy atom. The highest BCUT2D eigenvalue weighted by Gasteiger charge is 2.28. The molecule has 0 aliphatic heterocycles. The Hall–Kier alpha value is -3.19. The van der Waals surface area contributed by atoms with Crippen LogP contribution in [-0.4, -0.2) is 27.5 Å². The van der Waals surface area contributed by atoms with E-state index >= 15 is 0 Å². The summed E-state index contributed by atoms with van der Waals surface area (Å²) in [6.07, 6.45) is 4.87. The van der Waals surface area contributed by atoms with Crippen LogP contribution in [0.3, 0.4) is 0 Å². The Kier molecular flexibility index (Phi) is 5.52. The van der Waals surface area contributed by atoms with Crippen LogP contribution in [0.15, 0.2) is 59.4 Å². The van der Waals surface area contributed by atoms with Crippen molar-refractivity contribution in [2.24, 2.45) is 0 Å². The Labute approximate surface area is 157 Å². The highest BCUT2D eigenvalue weighted by molar-refractivity contribution is 5.94. The molecule has 1 atom stereocenters. The summed E-state index contributed by atoms with van der Waals surface area (Å²) < 4.78 is 11.2. The summed E-state index contributed by atoms with van der Waals surface area (Å²) in [5.74, 6) is 0.993. The number of ether oxygens (including phenoxy) is 1. The fourth-order valence-corrected chi connectivity index (χ4v) is 2.46. The van der Waals surface area contributed by atoms with E-state index in [1.807, 2.05) is 12.1 Å². The van der Waals surface area contributed by atoms with Crippen molar-refractivity contribution in [3.63, 3.8) is 0 Å². The van der Waals surface area contributed by atoms with Gasteiger partial charge in [0.05, 0.1) is 6.54 Å². The van der Waals surface area contributed by atoms with E-state index in [0.29, 0.717) is 17.3 Å². The molecule has 3 aromatic heterocycles. The van der Waals surface area contributed by atoms with Crippen molar-refractivity contribution in [2.45, 2.75) is 26.1 Å². The first-order chi connectivity index (χ1) is 13.0. The molecule has 0 radical (unpaired) electrons. The quantitative estimate of drug-likeness (QED) is 0.666. The summed E-state index contributed by atoms with van der Waals surface area (Å²) in [6, 6.07) is 10.5. The SMILES string of the molecule is Cc1ccc(C(C)(O)CNC(=O)c2ncccc2OCc2ccncc2)o1. The molecule has 3 rings (SSSR count). The second-order valence-corrected chi connectivity index (χ2v) is 6.36. The monoisotopic (exact) mass is 367 g/mol. The van der Waals surface area contributed by atoms with Gasteiger partial charge in [-0.2, -0.15) is 0 Å². The third kappa shape index (κ3) is 4.71. The third-order valence-corrected chi connectivity index (χ3v) is 3.99. The zero-order valence-corrected chi connectivity index (χ0v) is 15.2. The molecule has 1 amide bonds. The van der Waals surface area contributed by atoms with Crippen LogP contribution < -0.4 is 10.1 Å². The number of pyridine rings is 2. The molecule has 140 valence electrons. The number of hydrogen-bond acceptors (Lipinski definition) is 6. The fourth-order valence-electron chi connectivity index (χ4n) is 2.46. The van der Waals surface area contributed by atoms with Crippen molar-refractivity contribution in [1.29, 1.82) is 0 Å². The summed E-state index contributed by atoms with van der Waals surface area (Å²) in [4.78, 5) is 20.6. The third-order valence-electron chi connectivity index (χ3n) is 3.99. The molecule has 3 aromatic rings. The average Bonchev–Trinajstić information content (AvgIpc) is 3.13. The van der Waals surface area contributed by atoms with Gasteiger partial charge in [-0.1, -0.05) is 0 Å². The van der Waals surface area contributed by atoms with E-state index in [2.05, 4.69) is 15.3 Å². The first-order valence-corrected chi connectivity index (χ1v) is 8.50. The zero-order chi connectivity index (χ0) is 19.3. The molecule has 0 spiro atoms. The van der Waals surface area contributed by atoms with Crippen LogP contribution in [0.2, 0.25) is 0 Å². The van der Waals surface area contributed by atoms with Crippen LogP contribution in [-0.2, 0) is 12.2 Å². The minimum absolute atomic E-state index is 0.0286. The molecular weight excluding hydrogens is 346 g/mol. The number of nitrogens with one attached hydrogen (secondary N) is 1. The first kappa shape index (κ1) is 18.6. The van der Waals surface area contributed by atoms with Crippen LogP contribution in [0.5, 0.6) is 5.75 Å². The predicted octanol–water partition coefficient (Wildman–Crippen LogP) is 2.59. The second kappa shape index (κ2) is 8.01. The minimum atomic E-state index is -1.34. The van der Waals surface area contributed by atoms with Gasteiger partial charge in [0, 0.05) is 18.6 Å². The van der Waals surface area contributed by atoms with E-state index in [-0.39, 0.29) is 18.8 Å². The number of aromatic nitrogens is 2. The molecule has 0 bridgehead atoms. The molecule has 0 aliphatic carbocycles. The molecule has 2 N–H and O–H groups in total. The van der Waals surface area contributed by atoms with Crippen molar-refractivity contribution in [3.05, 3.63) is 77.8 Å². The summed E-state index contributed by atoms with van der Waals surface area (Å²) in [7, 11) is 0. The van der Waals surface area contributed by atoms with Gasteiger partial charge in [-0.15, -0.1) is 0 Å². The fraction of sp³-hybridized carbons (Fsp3) is 0.250. The molecule has 7 heteroatoms. The Morgan fingerprint density at radius 1 is 1.22 bits per heavy atom. The lowest BCUT2D eigenvalue weighted by Gasteiger charge is -2.21. The smallest absolute Gasteiger partial charge is 0.273 e. The van der Waals surface area contributed by atoms with E-state index in [1.165, 1.54) is 6.20 Å². The van der Waals surface area contributed by atoms with Crippen LogP contribution in [0.1, 0.15) is 34.5 Å².